The highest BCUT2D eigenvalue weighted by atomic mass is 15.2. The van der Waals surface area contributed by atoms with E-state index in [1.54, 1.807) is 12.4 Å². The maximum absolute atomic E-state index is 4.50. The molecule has 20 heavy (non-hydrogen) atoms. The molecule has 0 saturated heterocycles. The second-order valence-corrected chi connectivity index (χ2v) is 5.56. The summed E-state index contributed by atoms with van der Waals surface area (Å²) in [5.41, 5.74) is 0. The van der Waals surface area contributed by atoms with Gasteiger partial charge in [0.25, 0.3) is 0 Å². The van der Waals surface area contributed by atoms with Gasteiger partial charge in [-0.1, -0.05) is 19.8 Å². The number of hydrogen-bond donors (Lipinski definition) is 2. The quantitative estimate of drug-likeness (QED) is 0.765. The summed E-state index contributed by atoms with van der Waals surface area (Å²) >= 11 is 0. The minimum absolute atomic E-state index is 0.778. The predicted octanol–water partition coefficient (Wildman–Crippen LogP) is 2.58. The Labute approximate surface area is 122 Å². The molecular formula is C15H27N5. The van der Waals surface area contributed by atoms with Crippen molar-refractivity contribution in [3.63, 3.8) is 0 Å². The fraction of sp³-hybridized carbons (Fsp3) is 0.733. The largest absolute Gasteiger partial charge is 0.369 e. The van der Waals surface area contributed by atoms with E-state index >= 15 is 0 Å². The molecule has 0 spiro atoms. The first-order chi connectivity index (χ1) is 9.79. The predicted molar refractivity (Wildman–Crippen MR) is 84.2 cm³/mol. The van der Waals surface area contributed by atoms with Crippen molar-refractivity contribution in [3.8, 4) is 0 Å². The van der Waals surface area contributed by atoms with Crippen LogP contribution in [0.3, 0.4) is 0 Å². The summed E-state index contributed by atoms with van der Waals surface area (Å²) in [5.74, 6) is 1.70. The first-order valence-electron chi connectivity index (χ1n) is 7.79. The highest BCUT2D eigenvalue weighted by Crippen LogP contribution is 2.21. The normalized spacial score (nSPS) is 15.8. The van der Waals surface area contributed by atoms with Crippen LogP contribution in [0.4, 0.5) is 11.6 Å². The molecule has 0 radical (unpaired) electrons. The highest BCUT2D eigenvalue weighted by Gasteiger charge is 2.18. The topological polar surface area (TPSA) is 53.1 Å². The second-order valence-electron chi connectivity index (χ2n) is 5.56. The first kappa shape index (κ1) is 15.0. The van der Waals surface area contributed by atoms with Crippen LogP contribution in [0.25, 0.3) is 0 Å². The monoisotopic (exact) mass is 277 g/mol. The molecule has 1 aromatic rings. The Morgan fingerprint density at radius 2 is 1.80 bits per heavy atom. The van der Waals surface area contributed by atoms with Crippen molar-refractivity contribution in [2.24, 2.45) is 0 Å². The molecule has 0 amide bonds. The number of aromatic nitrogens is 2. The van der Waals surface area contributed by atoms with Gasteiger partial charge < -0.3 is 15.5 Å². The smallest absolute Gasteiger partial charge is 0.147 e. The summed E-state index contributed by atoms with van der Waals surface area (Å²) < 4.78 is 0. The Hall–Kier alpha value is -1.36. The average molecular weight is 277 g/mol. The summed E-state index contributed by atoms with van der Waals surface area (Å²) in [6.07, 6.45) is 10.1. The SMILES string of the molecule is CCCNc1cncc(NCCN(C)C2CCCC2)n1. The number of nitrogens with zero attached hydrogens (tertiary/aromatic N) is 3. The van der Waals surface area contributed by atoms with Crippen molar-refractivity contribution < 1.29 is 0 Å². The third kappa shape index (κ3) is 4.63. The van der Waals surface area contributed by atoms with Crippen LogP contribution in [-0.4, -0.2) is 47.6 Å². The summed E-state index contributed by atoms with van der Waals surface area (Å²) in [4.78, 5) is 11.2. The molecule has 1 fully saturated rings. The molecular weight excluding hydrogens is 250 g/mol. The van der Waals surface area contributed by atoms with Crippen molar-refractivity contribution in [2.45, 2.75) is 45.1 Å². The highest BCUT2D eigenvalue weighted by molar-refractivity contribution is 5.41. The Bertz CT molecular complexity index is 390. The van der Waals surface area contributed by atoms with E-state index in [9.17, 15) is 0 Å². The molecule has 1 aliphatic carbocycles. The minimum Gasteiger partial charge on any atom is -0.369 e. The summed E-state index contributed by atoms with van der Waals surface area (Å²) in [6, 6.07) is 0.778. The Morgan fingerprint density at radius 1 is 1.15 bits per heavy atom. The molecule has 1 heterocycles. The molecule has 112 valence electrons. The van der Waals surface area contributed by atoms with Crippen LogP contribution < -0.4 is 10.6 Å². The number of nitrogens with one attached hydrogen (secondary N) is 2. The number of likely N-dealkylation sites (N-methyl/N-ethyl adjacent to an activating group) is 1. The van der Waals surface area contributed by atoms with Gasteiger partial charge in [-0.3, -0.25) is 4.98 Å². The molecule has 5 nitrogen and oxygen atoms in total. The Balaban J connectivity index is 1.72. The van der Waals surface area contributed by atoms with Crippen LogP contribution in [-0.2, 0) is 0 Å². The van der Waals surface area contributed by atoms with Gasteiger partial charge in [0.15, 0.2) is 0 Å². The van der Waals surface area contributed by atoms with Gasteiger partial charge in [0.05, 0.1) is 12.4 Å². The van der Waals surface area contributed by atoms with Gasteiger partial charge in [-0.2, -0.15) is 0 Å². The number of rotatable bonds is 8. The lowest BCUT2D eigenvalue weighted by atomic mass is 10.2. The minimum atomic E-state index is 0.778. The molecule has 0 unspecified atom stereocenters. The van der Waals surface area contributed by atoms with Crippen LogP contribution in [0, 0.1) is 0 Å². The average Bonchev–Trinajstić information content (AvgIpc) is 3.00. The Kier molecular flexibility index (Phi) is 6.05. The van der Waals surface area contributed by atoms with Gasteiger partial charge in [0.2, 0.25) is 0 Å². The lowest BCUT2D eigenvalue weighted by Gasteiger charge is -2.24. The van der Waals surface area contributed by atoms with Crippen LogP contribution in [0.15, 0.2) is 12.4 Å². The third-order valence-corrected chi connectivity index (χ3v) is 3.91. The molecule has 1 saturated carbocycles. The van der Waals surface area contributed by atoms with Crippen LogP contribution >= 0.6 is 0 Å². The molecule has 2 N–H and O–H groups in total. The van der Waals surface area contributed by atoms with E-state index in [0.717, 1.165) is 43.7 Å². The molecule has 1 aliphatic rings. The van der Waals surface area contributed by atoms with E-state index < -0.39 is 0 Å². The number of anilines is 2. The molecule has 5 heteroatoms. The first-order valence-corrected chi connectivity index (χ1v) is 7.79. The van der Waals surface area contributed by atoms with E-state index in [4.69, 9.17) is 0 Å². The zero-order valence-corrected chi connectivity index (χ0v) is 12.7. The van der Waals surface area contributed by atoms with Gasteiger partial charge in [-0.05, 0) is 26.3 Å². The van der Waals surface area contributed by atoms with E-state index in [2.05, 4.69) is 39.5 Å². The zero-order chi connectivity index (χ0) is 14.2. The molecule has 0 bridgehead atoms. The van der Waals surface area contributed by atoms with E-state index in [0.29, 0.717) is 0 Å². The maximum Gasteiger partial charge on any atom is 0.147 e. The molecule has 2 rings (SSSR count). The molecule has 0 aliphatic heterocycles. The van der Waals surface area contributed by atoms with Crippen LogP contribution in [0.2, 0.25) is 0 Å². The second kappa shape index (κ2) is 8.04. The van der Waals surface area contributed by atoms with Gasteiger partial charge in [0, 0.05) is 25.7 Å². The van der Waals surface area contributed by atoms with Crippen LogP contribution in [0.1, 0.15) is 39.0 Å². The molecule has 0 aromatic carbocycles. The van der Waals surface area contributed by atoms with Crippen molar-refractivity contribution in [2.75, 3.05) is 37.3 Å². The van der Waals surface area contributed by atoms with Crippen LogP contribution in [0.5, 0.6) is 0 Å². The summed E-state index contributed by atoms with van der Waals surface area (Å²) in [6.45, 7) is 5.04. The fourth-order valence-corrected chi connectivity index (χ4v) is 2.68. The van der Waals surface area contributed by atoms with E-state index in [1.807, 2.05) is 0 Å². The lowest BCUT2D eigenvalue weighted by Crippen LogP contribution is -2.33. The van der Waals surface area contributed by atoms with Crippen molar-refractivity contribution in [3.05, 3.63) is 12.4 Å². The maximum atomic E-state index is 4.50. The van der Waals surface area contributed by atoms with Crippen molar-refractivity contribution in [1.82, 2.24) is 14.9 Å². The lowest BCUT2D eigenvalue weighted by molar-refractivity contribution is 0.254. The van der Waals surface area contributed by atoms with Gasteiger partial charge in [0.1, 0.15) is 11.6 Å². The fourth-order valence-electron chi connectivity index (χ4n) is 2.68. The standard InChI is InChI=1S/C15H27N5/c1-3-8-17-14-11-16-12-15(19-14)18-9-10-20(2)13-6-4-5-7-13/h11-13H,3-10H2,1-2H3,(H2,17,18,19). The van der Waals surface area contributed by atoms with Gasteiger partial charge >= 0.3 is 0 Å². The zero-order valence-electron chi connectivity index (χ0n) is 12.7. The van der Waals surface area contributed by atoms with Gasteiger partial charge in [-0.15, -0.1) is 0 Å². The van der Waals surface area contributed by atoms with Crippen molar-refractivity contribution in [1.29, 1.82) is 0 Å². The summed E-state index contributed by atoms with van der Waals surface area (Å²) in [7, 11) is 2.22. The van der Waals surface area contributed by atoms with E-state index in [1.165, 1.54) is 25.7 Å². The Morgan fingerprint density at radius 3 is 2.45 bits per heavy atom. The number of hydrogen-bond acceptors (Lipinski definition) is 5. The summed E-state index contributed by atoms with van der Waals surface area (Å²) in [5, 5.41) is 6.62. The third-order valence-electron chi connectivity index (χ3n) is 3.91. The molecule has 1 aromatic heterocycles. The van der Waals surface area contributed by atoms with E-state index in [-0.39, 0.29) is 0 Å². The van der Waals surface area contributed by atoms with Gasteiger partial charge in [-0.25, -0.2) is 4.98 Å². The van der Waals surface area contributed by atoms with Crippen molar-refractivity contribution >= 4 is 11.6 Å². The molecule has 0 atom stereocenters.